The van der Waals surface area contributed by atoms with E-state index in [1.165, 1.54) is 11.8 Å². The average molecular weight is 476 g/mol. The largest absolute Gasteiger partial charge is 0.272 e. The molecule has 33 heavy (non-hydrogen) atoms. The van der Waals surface area contributed by atoms with Crippen molar-refractivity contribution >= 4 is 35.0 Å². The first-order chi connectivity index (χ1) is 16.0. The number of carbonyl (C=O) groups excluding carboxylic acids is 1. The predicted molar refractivity (Wildman–Crippen MR) is 134 cm³/mol. The lowest BCUT2D eigenvalue weighted by atomic mass is 10.1. The first-order valence-electron chi connectivity index (χ1n) is 10.3. The normalized spacial score (nSPS) is 11.4. The average Bonchev–Trinajstić information content (AvgIpc) is 3.26. The highest BCUT2D eigenvalue weighted by Gasteiger charge is 2.17. The fraction of sp³-hybridized carbons (Fsp3) is 0.120. The summed E-state index contributed by atoms with van der Waals surface area (Å²) in [7, 11) is 0. The van der Waals surface area contributed by atoms with Gasteiger partial charge < -0.3 is 0 Å². The van der Waals surface area contributed by atoms with Crippen molar-refractivity contribution in [3.05, 3.63) is 95.0 Å². The molecule has 0 atom stereocenters. The molecule has 1 heterocycles. The fourth-order valence-electron chi connectivity index (χ4n) is 3.19. The molecular formula is C25H22ClN5OS. The van der Waals surface area contributed by atoms with Crippen molar-refractivity contribution in [3.8, 4) is 17.1 Å². The van der Waals surface area contributed by atoms with Crippen molar-refractivity contribution in [2.45, 2.75) is 19.0 Å². The molecule has 3 aromatic carbocycles. The number of hydrogen-bond donors (Lipinski definition) is 1. The second-order valence-electron chi connectivity index (χ2n) is 7.34. The molecule has 4 rings (SSSR count). The molecule has 0 spiro atoms. The van der Waals surface area contributed by atoms with Crippen LogP contribution in [0.1, 0.15) is 18.1 Å². The number of rotatable bonds is 7. The van der Waals surface area contributed by atoms with E-state index in [0.29, 0.717) is 15.9 Å². The number of nitrogens with zero attached hydrogens (tertiary/aromatic N) is 4. The van der Waals surface area contributed by atoms with Gasteiger partial charge >= 0.3 is 0 Å². The highest BCUT2D eigenvalue weighted by molar-refractivity contribution is 7.99. The molecule has 0 unspecified atom stereocenters. The van der Waals surface area contributed by atoms with Crippen molar-refractivity contribution in [2.75, 3.05) is 5.75 Å². The van der Waals surface area contributed by atoms with Crippen molar-refractivity contribution < 1.29 is 4.79 Å². The van der Waals surface area contributed by atoms with Crippen molar-refractivity contribution in [1.29, 1.82) is 0 Å². The number of hydrazone groups is 1. The molecule has 1 aromatic heterocycles. The van der Waals surface area contributed by atoms with Gasteiger partial charge in [-0.05, 0) is 32.0 Å². The lowest BCUT2D eigenvalue weighted by molar-refractivity contribution is -0.118. The molecule has 0 aliphatic rings. The monoisotopic (exact) mass is 475 g/mol. The van der Waals surface area contributed by atoms with E-state index < -0.39 is 0 Å². The third-order valence-electron chi connectivity index (χ3n) is 4.90. The van der Waals surface area contributed by atoms with Crippen LogP contribution in [0.15, 0.2) is 89.1 Å². The summed E-state index contributed by atoms with van der Waals surface area (Å²) >= 11 is 7.50. The Kier molecular flexibility index (Phi) is 7.22. The zero-order valence-corrected chi connectivity index (χ0v) is 19.8. The molecule has 6 nitrogen and oxygen atoms in total. The molecule has 0 fully saturated rings. The number of aromatic nitrogens is 3. The lowest BCUT2D eigenvalue weighted by Crippen LogP contribution is -2.21. The summed E-state index contributed by atoms with van der Waals surface area (Å²) in [4.78, 5) is 12.5. The van der Waals surface area contributed by atoms with E-state index in [-0.39, 0.29) is 11.7 Å². The maximum atomic E-state index is 12.5. The van der Waals surface area contributed by atoms with Crippen LogP contribution in [0.25, 0.3) is 17.1 Å². The van der Waals surface area contributed by atoms with E-state index in [0.717, 1.165) is 28.2 Å². The Bertz CT molecular complexity index is 1290. The van der Waals surface area contributed by atoms with E-state index in [1.54, 1.807) is 13.0 Å². The topological polar surface area (TPSA) is 72.2 Å². The first kappa shape index (κ1) is 22.8. The van der Waals surface area contributed by atoms with Crippen molar-refractivity contribution in [1.82, 2.24) is 20.2 Å². The molecule has 0 bridgehead atoms. The summed E-state index contributed by atoms with van der Waals surface area (Å²) < 4.78 is 1.96. The molecule has 1 N–H and O–H groups in total. The smallest absolute Gasteiger partial charge is 0.250 e. The van der Waals surface area contributed by atoms with Gasteiger partial charge in [0.2, 0.25) is 0 Å². The maximum absolute atomic E-state index is 12.5. The number of hydrogen-bond acceptors (Lipinski definition) is 5. The molecule has 1 amide bonds. The number of amides is 1. The molecule has 0 aliphatic carbocycles. The van der Waals surface area contributed by atoms with Gasteiger partial charge in [0.25, 0.3) is 5.91 Å². The Balaban J connectivity index is 1.53. The van der Waals surface area contributed by atoms with Crippen molar-refractivity contribution in [2.24, 2.45) is 5.10 Å². The highest BCUT2D eigenvalue weighted by Crippen LogP contribution is 2.28. The minimum absolute atomic E-state index is 0.137. The summed E-state index contributed by atoms with van der Waals surface area (Å²) in [5, 5.41) is 14.2. The fourth-order valence-corrected chi connectivity index (χ4v) is 4.20. The van der Waals surface area contributed by atoms with Gasteiger partial charge in [-0.15, -0.1) is 10.2 Å². The molecule has 0 saturated carbocycles. The zero-order valence-electron chi connectivity index (χ0n) is 18.2. The van der Waals surface area contributed by atoms with Gasteiger partial charge in [0.05, 0.1) is 11.5 Å². The summed E-state index contributed by atoms with van der Waals surface area (Å²) in [5.41, 5.74) is 7.04. The molecule has 0 radical (unpaired) electrons. The third-order valence-corrected chi connectivity index (χ3v) is 6.16. The minimum atomic E-state index is -0.244. The second-order valence-corrected chi connectivity index (χ2v) is 8.69. The van der Waals surface area contributed by atoms with Crippen LogP contribution in [0, 0.1) is 6.92 Å². The van der Waals surface area contributed by atoms with Crippen LogP contribution in [0.3, 0.4) is 0 Å². The second kappa shape index (κ2) is 10.5. The van der Waals surface area contributed by atoms with E-state index in [9.17, 15) is 4.79 Å². The molecule has 4 aromatic rings. The van der Waals surface area contributed by atoms with Gasteiger partial charge in [0.1, 0.15) is 0 Å². The lowest BCUT2D eigenvalue weighted by Gasteiger charge is -2.10. The van der Waals surface area contributed by atoms with Crippen molar-refractivity contribution in [3.63, 3.8) is 0 Å². The Morgan fingerprint density at radius 1 is 1.00 bits per heavy atom. The Hall–Kier alpha value is -3.42. The SMILES string of the molecule is CC(=NNC(=O)CSc1nnc(-c2ccccc2)n1-c1ccc(C)cc1)c1ccccc1Cl. The van der Waals surface area contributed by atoms with Crippen LogP contribution in [-0.4, -0.2) is 32.1 Å². The van der Waals surface area contributed by atoms with Crippen LogP contribution in [0.4, 0.5) is 0 Å². The molecule has 0 aliphatic heterocycles. The number of aryl methyl sites for hydroxylation is 1. The van der Waals surface area contributed by atoms with E-state index in [1.807, 2.05) is 84.3 Å². The summed E-state index contributed by atoms with van der Waals surface area (Å²) in [6.07, 6.45) is 0. The summed E-state index contributed by atoms with van der Waals surface area (Å²) in [6.45, 7) is 3.84. The van der Waals surface area contributed by atoms with E-state index >= 15 is 0 Å². The quantitative estimate of drug-likeness (QED) is 0.217. The van der Waals surface area contributed by atoms with Crippen LogP contribution in [-0.2, 0) is 4.79 Å². The van der Waals surface area contributed by atoms with Gasteiger partial charge in [-0.25, -0.2) is 5.43 Å². The van der Waals surface area contributed by atoms with Gasteiger partial charge in [0, 0.05) is 21.8 Å². The zero-order chi connectivity index (χ0) is 23.2. The predicted octanol–water partition coefficient (Wildman–Crippen LogP) is 5.53. The van der Waals surface area contributed by atoms with Gasteiger partial charge in [-0.1, -0.05) is 89.6 Å². The number of benzene rings is 3. The van der Waals surface area contributed by atoms with Gasteiger partial charge in [-0.2, -0.15) is 5.10 Å². The van der Waals surface area contributed by atoms with Crippen LogP contribution >= 0.6 is 23.4 Å². The van der Waals surface area contributed by atoms with Crippen LogP contribution in [0.2, 0.25) is 5.02 Å². The van der Waals surface area contributed by atoms with Crippen LogP contribution in [0.5, 0.6) is 0 Å². The molecule has 166 valence electrons. The highest BCUT2D eigenvalue weighted by atomic mass is 35.5. The number of thioether (sulfide) groups is 1. The first-order valence-corrected chi connectivity index (χ1v) is 11.7. The Morgan fingerprint density at radius 3 is 2.42 bits per heavy atom. The number of halogens is 1. The molecule has 8 heteroatoms. The Labute approximate surface area is 201 Å². The standard InChI is InChI=1S/C25H22ClN5OS/c1-17-12-14-20(15-13-17)31-24(19-8-4-3-5-9-19)29-30-25(31)33-16-23(32)28-27-18(2)21-10-6-7-11-22(21)26/h3-15H,16H2,1-2H3,(H,28,32). The minimum Gasteiger partial charge on any atom is -0.272 e. The van der Waals surface area contributed by atoms with Gasteiger partial charge in [-0.3, -0.25) is 9.36 Å². The maximum Gasteiger partial charge on any atom is 0.250 e. The van der Waals surface area contributed by atoms with Crippen LogP contribution < -0.4 is 5.43 Å². The third kappa shape index (κ3) is 5.50. The summed E-state index contributed by atoms with van der Waals surface area (Å²) in [5.74, 6) is 0.610. The number of nitrogens with one attached hydrogen (secondary N) is 1. The summed E-state index contributed by atoms with van der Waals surface area (Å²) in [6, 6.07) is 25.3. The molecular weight excluding hydrogens is 454 g/mol. The van der Waals surface area contributed by atoms with Gasteiger partial charge in [0.15, 0.2) is 11.0 Å². The Morgan fingerprint density at radius 2 is 1.70 bits per heavy atom. The van der Waals surface area contributed by atoms with E-state index in [2.05, 4.69) is 20.7 Å². The number of carbonyl (C=O) groups is 1. The van der Waals surface area contributed by atoms with E-state index in [4.69, 9.17) is 11.6 Å². The molecule has 0 saturated heterocycles.